The third-order valence-corrected chi connectivity index (χ3v) is 5.93. The van der Waals surface area contributed by atoms with Crippen LogP contribution < -0.4 is 10.2 Å². The zero-order chi connectivity index (χ0) is 19.5. The van der Waals surface area contributed by atoms with Crippen molar-refractivity contribution in [3.8, 4) is 0 Å². The van der Waals surface area contributed by atoms with E-state index in [1.807, 2.05) is 52.3 Å². The van der Waals surface area contributed by atoms with Crippen LogP contribution in [0.2, 0.25) is 0 Å². The second kappa shape index (κ2) is 8.05. The number of hydrogen-bond acceptors (Lipinski definition) is 2. The summed E-state index contributed by atoms with van der Waals surface area (Å²) < 4.78 is 0. The molecule has 0 bridgehead atoms. The normalized spacial score (nSPS) is 18.5. The van der Waals surface area contributed by atoms with Crippen LogP contribution in [0.25, 0.3) is 0 Å². The number of rotatable bonds is 5. The van der Waals surface area contributed by atoms with Crippen LogP contribution in [0, 0.1) is 5.92 Å². The predicted molar refractivity (Wildman–Crippen MR) is 111 cm³/mol. The van der Waals surface area contributed by atoms with E-state index in [1.165, 1.54) is 0 Å². The van der Waals surface area contributed by atoms with Gasteiger partial charge in [-0.15, -0.1) is 0 Å². The molecule has 3 amide bonds. The van der Waals surface area contributed by atoms with E-state index in [4.69, 9.17) is 0 Å². The van der Waals surface area contributed by atoms with Gasteiger partial charge < -0.3 is 10.2 Å². The van der Waals surface area contributed by atoms with Crippen LogP contribution in [0.15, 0.2) is 54.6 Å². The Hall–Kier alpha value is -2.82. The molecule has 28 heavy (non-hydrogen) atoms. The molecule has 2 fully saturated rings. The summed E-state index contributed by atoms with van der Waals surface area (Å²) in [4.78, 5) is 29.0. The lowest BCUT2D eigenvalue weighted by atomic mass is 9.85. The molecule has 1 aliphatic heterocycles. The second-order valence-corrected chi connectivity index (χ2v) is 7.73. The van der Waals surface area contributed by atoms with Crippen molar-refractivity contribution in [3.05, 3.63) is 60.2 Å². The zero-order valence-corrected chi connectivity index (χ0v) is 16.3. The Kier molecular flexibility index (Phi) is 5.33. The molecule has 1 aliphatic carbocycles. The minimum absolute atomic E-state index is 0.0360. The predicted octanol–water partition coefficient (Wildman–Crippen LogP) is 4.82. The highest BCUT2D eigenvalue weighted by Gasteiger charge is 2.30. The molecule has 2 aliphatic rings. The summed E-state index contributed by atoms with van der Waals surface area (Å²) >= 11 is 0. The van der Waals surface area contributed by atoms with Crippen LogP contribution in [0.1, 0.15) is 44.2 Å². The van der Waals surface area contributed by atoms with E-state index >= 15 is 0 Å². The molecule has 1 atom stereocenters. The molecule has 2 aromatic rings. The van der Waals surface area contributed by atoms with Gasteiger partial charge in [0.1, 0.15) is 0 Å². The van der Waals surface area contributed by atoms with E-state index in [0.717, 1.165) is 49.2 Å². The lowest BCUT2D eigenvalue weighted by Crippen LogP contribution is -2.50. The van der Waals surface area contributed by atoms with Crippen molar-refractivity contribution in [2.24, 2.45) is 5.92 Å². The summed E-state index contributed by atoms with van der Waals surface area (Å²) in [5, 5.41) is 2.98. The van der Waals surface area contributed by atoms with Gasteiger partial charge in [0.2, 0.25) is 5.91 Å². The van der Waals surface area contributed by atoms with Crippen molar-refractivity contribution < 1.29 is 9.59 Å². The third-order valence-electron chi connectivity index (χ3n) is 5.93. The maximum absolute atomic E-state index is 13.1. The highest BCUT2D eigenvalue weighted by Crippen LogP contribution is 2.30. The summed E-state index contributed by atoms with van der Waals surface area (Å²) in [5.74, 6) is 0.271. The molecule has 0 radical (unpaired) electrons. The van der Waals surface area contributed by atoms with Gasteiger partial charge in [0.25, 0.3) is 0 Å². The number of carbonyl (C=O) groups is 2. The van der Waals surface area contributed by atoms with Crippen molar-refractivity contribution in [2.75, 3.05) is 23.3 Å². The number of anilines is 2. The molecule has 5 nitrogen and oxygen atoms in total. The van der Waals surface area contributed by atoms with Gasteiger partial charge in [-0.2, -0.15) is 0 Å². The smallest absolute Gasteiger partial charge is 0.324 e. The summed E-state index contributed by atoms with van der Waals surface area (Å²) in [6.45, 7) is 3.56. The fourth-order valence-corrected chi connectivity index (χ4v) is 3.90. The van der Waals surface area contributed by atoms with E-state index in [1.54, 1.807) is 0 Å². The molecule has 1 saturated carbocycles. The molecule has 146 valence electrons. The summed E-state index contributed by atoms with van der Waals surface area (Å²) in [5.41, 5.74) is 2.81. The van der Waals surface area contributed by atoms with E-state index in [-0.39, 0.29) is 23.9 Å². The first kappa shape index (κ1) is 18.5. The number of nitrogens with zero attached hydrogens (tertiary/aromatic N) is 2. The molecular weight excluding hydrogens is 350 g/mol. The molecule has 1 heterocycles. The molecule has 1 N–H and O–H groups in total. The third kappa shape index (κ3) is 3.75. The summed E-state index contributed by atoms with van der Waals surface area (Å²) in [6, 6.07) is 17.8. The topological polar surface area (TPSA) is 52.6 Å². The van der Waals surface area contributed by atoms with E-state index in [0.29, 0.717) is 6.54 Å². The Morgan fingerprint density at radius 1 is 1.00 bits per heavy atom. The standard InChI is InChI=1S/C23H27N3O2/c1-17(18-7-3-2-4-8-18)25-15-6-16-26(23(25)28)21-13-11-20(12-14-21)24-22(27)19-9-5-10-19/h2-4,7-8,11-14,17,19H,5-6,9-10,15-16H2,1H3,(H,24,27). The van der Waals surface area contributed by atoms with Crippen molar-refractivity contribution >= 4 is 23.3 Å². The Morgan fingerprint density at radius 2 is 1.71 bits per heavy atom. The van der Waals surface area contributed by atoms with Crippen molar-refractivity contribution in [2.45, 2.75) is 38.6 Å². The number of amides is 3. The average Bonchev–Trinajstić information content (AvgIpc) is 2.68. The Labute approximate surface area is 166 Å². The maximum Gasteiger partial charge on any atom is 0.324 e. The molecular formula is C23H27N3O2. The van der Waals surface area contributed by atoms with Gasteiger partial charge in [-0.25, -0.2) is 4.79 Å². The fourth-order valence-electron chi connectivity index (χ4n) is 3.90. The van der Waals surface area contributed by atoms with Gasteiger partial charge in [-0.1, -0.05) is 36.8 Å². The average molecular weight is 377 g/mol. The first-order chi connectivity index (χ1) is 13.6. The molecule has 4 rings (SSSR count). The molecule has 2 aromatic carbocycles. The lowest BCUT2D eigenvalue weighted by Gasteiger charge is -2.39. The van der Waals surface area contributed by atoms with Crippen molar-refractivity contribution in [3.63, 3.8) is 0 Å². The number of benzene rings is 2. The van der Waals surface area contributed by atoms with Gasteiger partial charge in [-0.3, -0.25) is 9.69 Å². The molecule has 1 saturated heterocycles. The highest BCUT2D eigenvalue weighted by atomic mass is 16.2. The van der Waals surface area contributed by atoms with Crippen LogP contribution in [-0.2, 0) is 4.79 Å². The van der Waals surface area contributed by atoms with Crippen LogP contribution in [0.3, 0.4) is 0 Å². The van der Waals surface area contributed by atoms with Gasteiger partial charge in [0.15, 0.2) is 0 Å². The molecule has 0 spiro atoms. The second-order valence-electron chi connectivity index (χ2n) is 7.73. The number of hydrogen-bond donors (Lipinski definition) is 1. The number of urea groups is 1. The quantitative estimate of drug-likeness (QED) is 0.812. The molecule has 5 heteroatoms. The first-order valence-electron chi connectivity index (χ1n) is 10.2. The number of nitrogens with one attached hydrogen (secondary N) is 1. The minimum atomic E-state index is 0.0360. The van der Waals surface area contributed by atoms with Crippen LogP contribution >= 0.6 is 0 Å². The minimum Gasteiger partial charge on any atom is -0.326 e. The summed E-state index contributed by atoms with van der Waals surface area (Å²) in [7, 11) is 0. The largest absolute Gasteiger partial charge is 0.326 e. The molecule has 1 unspecified atom stereocenters. The SMILES string of the molecule is CC(c1ccccc1)N1CCCN(c2ccc(NC(=O)C3CCC3)cc2)C1=O. The van der Waals surface area contributed by atoms with Crippen LogP contribution in [-0.4, -0.2) is 29.9 Å². The van der Waals surface area contributed by atoms with Gasteiger partial charge >= 0.3 is 6.03 Å². The molecule has 0 aromatic heterocycles. The fraction of sp³-hybridized carbons (Fsp3) is 0.391. The van der Waals surface area contributed by atoms with Crippen LogP contribution in [0.5, 0.6) is 0 Å². The van der Waals surface area contributed by atoms with Gasteiger partial charge in [0.05, 0.1) is 6.04 Å². The van der Waals surface area contributed by atoms with Gasteiger partial charge in [0, 0.05) is 30.4 Å². The van der Waals surface area contributed by atoms with Crippen molar-refractivity contribution in [1.82, 2.24) is 4.90 Å². The Balaban J connectivity index is 1.44. The maximum atomic E-state index is 13.1. The Morgan fingerprint density at radius 3 is 2.36 bits per heavy atom. The van der Waals surface area contributed by atoms with E-state index in [2.05, 4.69) is 24.4 Å². The van der Waals surface area contributed by atoms with E-state index < -0.39 is 0 Å². The van der Waals surface area contributed by atoms with Crippen LogP contribution in [0.4, 0.5) is 16.2 Å². The highest BCUT2D eigenvalue weighted by molar-refractivity contribution is 5.95. The van der Waals surface area contributed by atoms with Crippen molar-refractivity contribution in [1.29, 1.82) is 0 Å². The van der Waals surface area contributed by atoms with Gasteiger partial charge in [-0.05, 0) is 56.0 Å². The van der Waals surface area contributed by atoms with E-state index in [9.17, 15) is 9.59 Å². The Bertz CT molecular complexity index is 831. The monoisotopic (exact) mass is 377 g/mol. The summed E-state index contributed by atoms with van der Waals surface area (Å²) in [6.07, 6.45) is 4.05. The zero-order valence-electron chi connectivity index (χ0n) is 16.3. The first-order valence-corrected chi connectivity index (χ1v) is 10.2. The number of carbonyl (C=O) groups excluding carboxylic acids is 2. The lowest BCUT2D eigenvalue weighted by molar-refractivity contribution is -0.122.